The van der Waals surface area contributed by atoms with Crippen molar-refractivity contribution in [1.29, 1.82) is 5.41 Å². The molecule has 0 spiro atoms. The number of amidine groups is 1. The van der Waals surface area contributed by atoms with E-state index in [-0.39, 0.29) is 5.84 Å². The van der Waals surface area contributed by atoms with Crippen molar-refractivity contribution in [3.63, 3.8) is 0 Å². The maximum Gasteiger partial charge on any atom is 0.129 e. The van der Waals surface area contributed by atoms with Gasteiger partial charge in [-0.1, -0.05) is 0 Å². The summed E-state index contributed by atoms with van der Waals surface area (Å²) < 4.78 is 5.59. The van der Waals surface area contributed by atoms with Gasteiger partial charge in [-0.2, -0.15) is 0 Å². The van der Waals surface area contributed by atoms with E-state index in [0.717, 1.165) is 31.8 Å². The van der Waals surface area contributed by atoms with Crippen molar-refractivity contribution in [3.8, 4) is 0 Å². The minimum Gasteiger partial charge on any atom is -0.384 e. The van der Waals surface area contributed by atoms with Crippen molar-refractivity contribution in [2.45, 2.75) is 18.9 Å². The molecule has 0 amide bonds. The number of nitrogens with two attached hydrogens (primary N) is 1. The number of rotatable bonds is 4. The first-order chi connectivity index (χ1) is 8.16. The molecule has 0 aliphatic carbocycles. The van der Waals surface area contributed by atoms with Crippen LogP contribution in [0, 0.1) is 5.41 Å². The van der Waals surface area contributed by atoms with E-state index in [1.807, 2.05) is 18.0 Å². The molecular formula is C12H18N4O. The fraction of sp³-hybridized carbons (Fsp3) is 0.500. The largest absolute Gasteiger partial charge is 0.384 e. The molecule has 2 heterocycles. The highest BCUT2D eigenvalue weighted by Gasteiger charge is 2.18. The quantitative estimate of drug-likeness (QED) is 0.601. The van der Waals surface area contributed by atoms with Crippen LogP contribution < -0.4 is 10.6 Å². The number of hydrogen-bond donors (Lipinski definition) is 2. The number of anilines is 1. The summed E-state index contributed by atoms with van der Waals surface area (Å²) in [7, 11) is 1.98. The Bertz CT molecular complexity index is 401. The lowest BCUT2D eigenvalue weighted by molar-refractivity contribution is 0.116. The molecule has 2 rings (SSSR count). The van der Waals surface area contributed by atoms with Crippen molar-refractivity contribution in [1.82, 2.24) is 4.98 Å². The van der Waals surface area contributed by atoms with E-state index >= 15 is 0 Å². The summed E-state index contributed by atoms with van der Waals surface area (Å²) in [5, 5.41) is 7.40. The first-order valence-electron chi connectivity index (χ1n) is 5.80. The van der Waals surface area contributed by atoms with Crippen LogP contribution in [-0.2, 0) is 4.74 Å². The summed E-state index contributed by atoms with van der Waals surface area (Å²) in [4.78, 5) is 6.33. The van der Waals surface area contributed by atoms with Crippen molar-refractivity contribution in [2.24, 2.45) is 5.73 Å². The van der Waals surface area contributed by atoms with Gasteiger partial charge in [0.1, 0.15) is 11.7 Å². The predicted molar refractivity (Wildman–Crippen MR) is 67.5 cm³/mol. The lowest BCUT2D eigenvalue weighted by atomic mass is 10.2. The zero-order valence-electron chi connectivity index (χ0n) is 10.0. The van der Waals surface area contributed by atoms with Crippen LogP contribution in [0.5, 0.6) is 0 Å². The summed E-state index contributed by atoms with van der Waals surface area (Å²) in [6.45, 7) is 1.69. The first kappa shape index (κ1) is 11.9. The Morgan fingerprint density at radius 2 is 2.53 bits per heavy atom. The number of nitrogens with zero attached hydrogens (tertiary/aromatic N) is 2. The molecule has 1 aliphatic rings. The molecule has 1 atom stereocenters. The summed E-state index contributed by atoms with van der Waals surface area (Å²) in [6, 6.07) is 3.57. The Labute approximate surface area is 101 Å². The second kappa shape index (κ2) is 5.14. The molecule has 0 radical (unpaired) electrons. The van der Waals surface area contributed by atoms with Crippen LogP contribution in [-0.4, -0.2) is 37.1 Å². The van der Waals surface area contributed by atoms with E-state index in [4.69, 9.17) is 15.9 Å². The van der Waals surface area contributed by atoms with E-state index in [1.165, 1.54) is 0 Å². The van der Waals surface area contributed by atoms with Crippen LogP contribution in [0.2, 0.25) is 0 Å². The highest BCUT2D eigenvalue weighted by molar-refractivity contribution is 5.95. The molecule has 5 nitrogen and oxygen atoms in total. The van der Waals surface area contributed by atoms with Gasteiger partial charge in [0.25, 0.3) is 0 Å². The summed E-state index contributed by atoms with van der Waals surface area (Å²) in [6.07, 6.45) is 4.22. The normalized spacial score (nSPS) is 19.2. The Morgan fingerprint density at radius 3 is 3.18 bits per heavy atom. The lowest BCUT2D eigenvalue weighted by Crippen LogP contribution is -2.29. The Morgan fingerprint density at radius 1 is 1.71 bits per heavy atom. The van der Waals surface area contributed by atoms with Gasteiger partial charge in [0.2, 0.25) is 0 Å². The first-order valence-corrected chi connectivity index (χ1v) is 5.80. The Kier molecular flexibility index (Phi) is 3.58. The van der Waals surface area contributed by atoms with Crippen molar-refractivity contribution in [2.75, 3.05) is 25.1 Å². The zero-order valence-corrected chi connectivity index (χ0v) is 10.0. The van der Waals surface area contributed by atoms with Crippen LogP contribution in [0.25, 0.3) is 0 Å². The van der Waals surface area contributed by atoms with Crippen LogP contribution in [0.3, 0.4) is 0 Å². The predicted octanol–water partition coefficient (Wildman–Crippen LogP) is 0.981. The smallest absolute Gasteiger partial charge is 0.129 e. The van der Waals surface area contributed by atoms with Crippen molar-refractivity contribution >= 4 is 11.7 Å². The topological polar surface area (TPSA) is 75.2 Å². The molecule has 0 bridgehead atoms. The zero-order chi connectivity index (χ0) is 12.3. The number of nitrogen functional groups attached to an aromatic ring is 1. The summed E-state index contributed by atoms with van der Waals surface area (Å²) in [5.74, 6) is 0.896. The van der Waals surface area contributed by atoms with Crippen LogP contribution >= 0.6 is 0 Å². The van der Waals surface area contributed by atoms with E-state index < -0.39 is 0 Å². The number of hydrogen-bond acceptors (Lipinski definition) is 4. The van der Waals surface area contributed by atoms with Gasteiger partial charge in [-0.25, -0.2) is 4.98 Å². The minimum atomic E-state index is 0.0687. The SMILES string of the molecule is CN(CC1CCCO1)c1cc(C(=N)N)ccn1. The third kappa shape index (κ3) is 2.94. The second-order valence-corrected chi connectivity index (χ2v) is 4.33. The van der Waals surface area contributed by atoms with E-state index in [1.54, 1.807) is 12.3 Å². The standard InChI is InChI=1S/C12H18N4O/c1-16(8-10-3-2-6-17-10)11-7-9(12(13)14)4-5-15-11/h4-5,7,10H,2-3,6,8H2,1H3,(H3,13,14). The average molecular weight is 234 g/mol. The van der Waals surface area contributed by atoms with Gasteiger partial charge in [0, 0.05) is 32.0 Å². The van der Waals surface area contributed by atoms with Gasteiger partial charge in [-0.05, 0) is 25.0 Å². The molecule has 1 aromatic rings. The van der Waals surface area contributed by atoms with Crippen LogP contribution in [0.4, 0.5) is 5.82 Å². The maximum atomic E-state index is 7.40. The number of ether oxygens (including phenoxy) is 1. The van der Waals surface area contributed by atoms with Crippen molar-refractivity contribution in [3.05, 3.63) is 23.9 Å². The monoisotopic (exact) mass is 234 g/mol. The van der Waals surface area contributed by atoms with Gasteiger partial charge in [-0.15, -0.1) is 0 Å². The highest BCUT2D eigenvalue weighted by atomic mass is 16.5. The molecule has 0 aromatic carbocycles. The van der Waals surface area contributed by atoms with Gasteiger partial charge in [-0.3, -0.25) is 5.41 Å². The van der Waals surface area contributed by atoms with Gasteiger partial charge < -0.3 is 15.4 Å². The van der Waals surface area contributed by atoms with Crippen LogP contribution in [0.1, 0.15) is 18.4 Å². The molecule has 1 saturated heterocycles. The molecule has 1 aliphatic heterocycles. The van der Waals surface area contributed by atoms with E-state index in [9.17, 15) is 0 Å². The molecule has 1 fully saturated rings. The Balaban J connectivity index is 2.04. The molecular weight excluding hydrogens is 216 g/mol. The maximum absolute atomic E-state index is 7.40. The number of aromatic nitrogens is 1. The van der Waals surface area contributed by atoms with E-state index in [2.05, 4.69) is 4.98 Å². The van der Waals surface area contributed by atoms with Gasteiger partial charge in [0.05, 0.1) is 6.10 Å². The third-order valence-electron chi connectivity index (χ3n) is 2.95. The molecule has 92 valence electrons. The second-order valence-electron chi connectivity index (χ2n) is 4.33. The molecule has 1 unspecified atom stereocenters. The molecule has 5 heteroatoms. The van der Waals surface area contributed by atoms with E-state index in [0.29, 0.717) is 11.7 Å². The average Bonchev–Trinajstić information content (AvgIpc) is 2.82. The molecule has 17 heavy (non-hydrogen) atoms. The third-order valence-corrected chi connectivity index (χ3v) is 2.95. The number of nitrogens with one attached hydrogen (secondary N) is 1. The number of pyridine rings is 1. The highest BCUT2D eigenvalue weighted by Crippen LogP contribution is 2.16. The van der Waals surface area contributed by atoms with Gasteiger partial charge in [0.15, 0.2) is 0 Å². The minimum absolute atomic E-state index is 0.0687. The van der Waals surface area contributed by atoms with Crippen molar-refractivity contribution < 1.29 is 4.74 Å². The fourth-order valence-electron chi connectivity index (χ4n) is 1.98. The summed E-state index contributed by atoms with van der Waals surface area (Å²) in [5.41, 5.74) is 6.16. The molecule has 1 aromatic heterocycles. The Hall–Kier alpha value is -1.62. The van der Waals surface area contributed by atoms with Gasteiger partial charge >= 0.3 is 0 Å². The van der Waals surface area contributed by atoms with Crippen LogP contribution in [0.15, 0.2) is 18.3 Å². The summed E-state index contributed by atoms with van der Waals surface area (Å²) >= 11 is 0. The fourth-order valence-corrected chi connectivity index (χ4v) is 1.98. The number of likely N-dealkylation sites (N-methyl/N-ethyl adjacent to an activating group) is 1. The molecule has 0 saturated carbocycles. The molecule has 3 N–H and O–H groups in total. The lowest BCUT2D eigenvalue weighted by Gasteiger charge is -2.22.